The fourth-order valence-corrected chi connectivity index (χ4v) is 1.75. The van der Waals surface area contributed by atoms with Crippen LogP contribution in [-0.4, -0.2) is 19.6 Å². The minimum Gasteiger partial charge on any atom is -0.335 e. The number of hydrogen-bond acceptors (Lipinski definition) is 0. The van der Waals surface area contributed by atoms with E-state index < -0.39 is 0 Å². The summed E-state index contributed by atoms with van der Waals surface area (Å²) < 4.78 is 0. The van der Waals surface area contributed by atoms with Crippen LogP contribution in [-0.2, 0) is 6.42 Å². The lowest BCUT2D eigenvalue weighted by atomic mass is 10.1. The normalized spacial score (nSPS) is 10.6. The van der Waals surface area contributed by atoms with Gasteiger partial charge < -0.3 is 4.90 Å². The lowest BCUT2D eigenvalue weighted by Crippen LogP contribution is -3.11. The number of quaternary nitrogens is 1. The van der Waals surface area contributed by atoms with Gasteiger partial charge in [0.1, 0.15) is 0 Å². The monoisotopic (exact) mass is 204 g/mol. The highest BCUT2D eigenvalue weighted by Crippen LogP contribution is 2.05. The molecule has 0 aliphatic heterocycles. The van der Waals surface area contributed by atoms with Crippen LogP contribution in [0.4, 0.5) is 0 Å². The molecule has 1 rings (SSSR count). The molecule has 0 amide bonds. The molecular formula is C14H22N+. The highest BCUT2D eigenvalue weighted by molar-refractivity contribution is 5.47. The smallest absolute Gasteiger partial charge is 0.0811 e. The lowest BCUT2D eigenvalue weighted by molar-refractivity contribution is -0.896. The maximum absolute atomic E-state index is 3.76. The minimum atomic E-state index is 1.18. The molecule has 1 N–H and O–H groups in total. The van der Waals surface area contributed by atoms with E-state index in [1.54, 1.807) is 4.90 Å². The van der Waals surface area contributed by atoms with Crippen molar-refractivity contribution >= 4 is 6.08 Å². The second kappa shape index (κ2) is 6.41. The third kappa shape index (κ3) is 3.88. The molecule has 1 heteroatoms. The van der Waals surface area contributed by atoms with Gasteiger partial charge in [-0.15, -0.1) is 0 Å². The van der Waals surface area contributed by atoms with Gasteiger partial charge in [0, 0.05) is 6.42 Å². The van der Waals surface area contributed by atoms with E-state index in [-0.39, 0.29) is 0 Å². The van der Waals surface area contributed by atoms with Crippen molar-refractivity contribution in [3.8, 4) is 0 Å². The van der Waals surface area contributed by atoms with Crippen molar-refractivity contribution in [3.05, 3.63) is 42.0 Å². The van der Waals surface area contributed by atoms with E-state index in [4.69, 9.17) is 0 Å². The van der Waals surface area contributed by atoms with Crippen LogP contribution in [0.5, 0.6) is 0 Å². The number of rotatable bonds is 6. The van der Waals surface area contributed by atoms with Crippen LogP contribution >= 0.6 is 0 Å². The second-order valence-electron chi connectivity index (χ2n) is 3.90. The summed E-state index contributed by atoms with van der Waals surface area (Å²) in [6.07, 6.45) is 3.06. The van der Waals surface area contributed by atoms with Gasteiger partial charge in [-0.2, -0.15) is 0 Å². The minimum absolute atomic E-state index is 1.18. The van der Waals surface area contributed by atoms with Crippen molar-refractivity contribution in [2.24, 2.45) is 0 Å². The van der Waals surface area contributed by atoms with Crippen LogP contribution in [0.3, 0.4) is 0 Å². The predicted molar refractivity (Wildman–Crippen MR) is 67.1 cm³/mol. The molecule has 0 saturated heterocycles. The average Bonchev–Trinajstić information content (AvgIpc) is 2.31. The van der Waals surface area contributed by atoms with Gasteiger partial charge in [0.25, 0.3) is 0 Å². The summed E-state index contributed by atoms with van der Waals surface area (Å²) in [6, 6.07) is 8.69. The quantitative estimate of drug-likeness (QED) is 0.720. The molecule has 82 valence electrons. The Bertz CT molecular complexity index is 283. The molecule has 0 spiro atoms. The SMILES string of the molecule is C=Cc1ccc(CC[NH+](CC)CC)cc1. The van der Waals surface area contributed by atoms with Gasteiger partial charge in [-0.3, -0.25) is 0 Å². The van der Waals surface area contributed by atoms with Gasteiger partial charge in [-0.25, -0.2) is 0 Å². The number of hydrogen-bond donors (Lipinski definition) is 1. The van der Waals surface area contributed by atoms with Gasteiger partial charge in [0.2, 0.25) is 0 Å². The van der Waals surface area contributed by atoms with Gasteiger partial charge >= 0.3 is 0 Å². The van der Waals surface area contributed by atoms with E-state index in [9.17, 15) is 0 Å². The molecule has 0 aromatic heterocycles. The number of benzene rings is 1. The standard InChI is InChI=1S/C14H21N/c1-4-13-7-9-14(10-8-13)11-12-15(5-2)6-3/h4,7-10H,1,5-6,11-12H2,2-3H3/p+1. The Labute approximate surface area is 93.4 Å². The number of likely N-dealkylation sites (N-methyl/N-ethyl adjacent to an activating group) is 1. The molecule has 0 saturated carbocycles. The van der Waals surface area contributed by atoms with Crippen molar-refractivity contribution in [2.45, 2.75) is 20.3 Å². The maximum atomic E-state index is 3.76. The molecule has 0 aliphatic rings. The van der Waals surface area contributed by atoms with Crippen LogP contribution in [0.25, 0.3) is 6.08 Å². The van der Waals surface area contributed by atoms with Crippen molar-refractivity contribution in [2.75, 3.05) is 19.6 Å². The Balaban J connectivity index is 2.46. The Kier molecular flexibility index (Phi) is 5.13. The molecular weight excluding hydrogens is 182 g/mol. The highest BCUT2D eigenvalue weighted by atomic mass is 15.1. The van der Waals surface area contributed by atoms with Gasteiger partial charge in [-0.05, 0) is 25.0 Å². The number of nitrogens with one attached hydrogen (secondary N) is 1. The molecule has 1 aromatic carbocycles. The summed E-state index contributed by atoms with van der Waals surface area (Å²) in [5.41, 5.74) is 2.63. The Hall–Kier alpha value is -1.08. The molecule has 0 unspecified atom stereocenters. The van der Waals surface area contributed by atoms with E-state index in [1.807, 2.05) is 6.08 Å². The molecule has 0 atom stereocenters. The third-order valence-corrected chi connectivity index (χ3v) is 2.98. The molecule has 0 radical (unpaired) electrons. The Morgan fingerprint density at radius 1 is 1.13 bits per heavy atom. The zero-order valence-electron chi connectivity index (χ0n) is 9.92. The Morgan fingerprint density at radius 2 is 1.73 bits per heavy atom. The zero-order valence-corrected chi connectivity index (χ0v) is 9.92. The molecule has 0 aliphatic carbocycles. The summed E-state index contributed by atoms with van der Waals surface area (Å²) in [6.45, 7) is 11.9. The van der Waals surface area contributed by atoms with E-state index in [1.165, 1.54) is 37.2 Å². The first kappa shape index (κ1) is 12.0. The van der Waals surface area contributed by atoms with Crippen LogP contribution in [0.2, 0.25) is 0 Å². The fraction of sp³-hybridized carbons (Fsp3) is 0.429. The third-order valence-electron chi connectivity index (χ3n) is 2.98. The lowest BCUT2D eigenvalue weighted by Gasteiger charge is -2.15. The summed E-state index contributed by atoms with van der Waals surface area (Å²) in [7, 11) is 0. The fourth-order valence-electron chi connectivity index (χ4n) is 1.75. The molecule has 0 bridgehead atoms. The summed E-state index contributed by atoms with van der Waals surface area (Å²) in [4.78, 5) is 1.67. The van der Waals surface area contributed by atoms with Gasteiger partial charge in [0.15, 0.2) is 0 Å². The van der Waals surface area contributed by atoms with Crippen molar-refractivity contribution in [1.29, 1.82) is 0 Å². The molecule has 0 heterocycles. The van der Waals surface area contributed by atoms with Crippen molar-refractivity contribution < 1.29 is 4.90 Å². The van der Waals surface area contributed by atoms with E-state index in [0.717, 1.165) is 0 Å². The first-order chi connectivity index (χ1) is 7.30. The van der Waals surface area contributed by atoms with E-state index in [2.05, 4.69) is 44.7 Å². The van der Waals surface area contributed by atoms with Crippen LogP contribution < -0.4 is 4.90 Å². The highest BCUT2D eigenvalue weighted by Gasteiger charge is 2.02. The van der Waals surface area contributed by atoms with Crippen LogP contribution in [0, 0.1) is 0 Å². The van der Waals surface area contributed by atoms with Crippen LogP contribution in [0.15, 0.2) is 30.8 Å². The molecule has 1 nitrogen and oxygen atoms in total. The molecule has 0 fully saturated rings. The average molecular weight is 204 g/mol. The largest absolute Gasteiger partial charge is 0.335 e. The molecule has 15 heavy (non-hydrogen) atoms. The summed E-state index contributed by atoms with van der Waals surface area (Å²) in [5.74, 6) is 0. The van der Waals surface area contributed by atoms with Crippen LogP contribution in [0.1, 0.15) is 25.0 Å². The summed E-state index contributed by atoms with van der Waals surface area (Å²) >= 11 is 0. The maximum Gasteiger partial charge on any atom is 0.0811 e. The van der Waals surface area contributed by atoms with Crippen molar-refractivity contribution in [3.63, 3.8) is 0 Å². The van der Waals surface area contributed by atoms with E-state index in [0.29, 0.717) is 0 Å². The van der Waals surface area contributed by atoms with E-state index >= 15 is 0 Å². The molecule has 1 aromatic rings. The summed E-state index contributed by atoms with van der Waals surface area (Å²) in [5, 5.41) is 0. The second-order valence-corrected chi connectivity index (χ2v) is 3.90. The van der Waals surface area contributed by atoms with Crippen molar-refractivity contribution in [1.82, 2.24) is 0 Å². The first-order valence-electron chi connectivity index (χ1n) is 5.85. The van der Waals surface area contributed by atoms with Gasteiger partial charge in [0.05, 0.1) is 19.6 Å². The predicted octanol–water partition coefficient (Wildman–Crippen LogP) is 1.80. The topological polar surface area (TPSA) is 4.44 Å². The Morgan fingerprint density at radius 3 is 2.20 bits per heavy atom. The van der Waals surface area contributed by atoms with Gasteiger partial charge in [-0.1, -0.05) is 36.9 Å². The zero-order chi connectivity index (χ0) is 11.1. The first-order valence-corrected chi connectivity index (χ1v) is 5.85.